The van der Waals surface area contributed by atoms with Gasteiger partial charge in [0.2, 0.25) is 11.8 Å². The fourth-order valence-corrected chi connectivity index (χ4v) is 4.36. The number of hydrogen-bond acceptors (Lipinski definition) is 8. The highest BCUT2D eigenvalue weighted by molar-refractivity contribution is 6.31. The normalized spacial score (nSPS) is 16.1. The molecule has 1 aromatic carbocycles. The van der Waals surface area contributed by atoms with Gasteiger partial charge in [-0.25, -0.2) is 14.6 Å². The predicted molar refractivity (Wildman–Crippen MR) is 135 cm³/mol. The third kappa shape index (κ3) is 5.62. The van der Waals surface area contributed by atoms with Crippen molar-refractivity contribution in [1.29, 1.82) is 0 Å². The molecule has 4 rings (SSSR count). The SMILES string of the molecule is COC(=O)c1nc2nc(N3CCC[C@@H](NC(=O)OC(C)(C)C)C3)n(Cc3ccccc3Cl)c2c(=O)[nH]1. The number of fused-ring (bicyclic) bond motifs is 1. The van der Waals surface area contributed by atoms with Crippen LogP contribution in [0.5, 0.6) is 0 Å². The molecular weight excluding hydrogens is 488 g/mol. The summed E-state index contributed by atoms with van der Waals surface area (Å²) in [5.41, 5.74) is -0.0164. The van der Waals surface area contributed by atoms with Crippen molar-refractivity contribution in [1.82, 2.24) is 24.8 Å². The van der Waals surface area contributed by atoms with Crippen LogP contribution in [0.25, 0.3) is 11.2 Å². The second-order valence-electron chi connectivity index (χ2n) is 9.60. The number of imidazole rings is 1. The predicted octanol–water partition coefficient (Wildman–Crippen LogP) is 3.10. The second kappa shape index (κ2) is 10.2. The highest BCUT2D eigenvalue weighted by atomic mass is 35.5. The maximum atomic E-state index is 13.1. The molecule has 3 heterocycles. The Bertz CT molecular complexity index is 1340. The quantitative estimate of drug-likeness (QED) is 0.494. The first kappa shape index (κ1) is 25.5. The number of piperidine rings is 1. The molecule has 0 spiro atoms. The molecule has 36 heavy (non-hydrogen) atoms. The van der Waals surface area contributed by atoms with Crippen LogP contribution in [-0.2, 0) is 16.0 Å². The van der Waals surface area contributed by atoms with Crippen LogP contribution in [-0.4, -0.2) is 63.4 Å². The molecule has 1 fully saturated rings. The van der Waals surface area contributed by atoms with Crippen molar-refractivity contribution in [2.24, 2.45) is 0 Å². The molecule has 192 valence electrons. The number of alkyl carbamates (subject to hydrolysis) is 1. The van der Waals surface area contributed by atoms with Crippen molar-refractivity contribution in [3.05, 3.63) is 51.0 Å². The van der Waals surface area contributed by atoms with Crippen LogP contribution < -0.4 is 15.8 Å². The minimum atomic E-state index is -0.768. The fraction of sp³-hybridized carbons (Fsp3) is 0.458. The number of benzene rings is 1. The highest BCUT2D eigenvalue weighted by Gasteiger charge is 2.29. The zero-order chi connectivity index (χ0) is 26.0. The first-order valence-corrected chi connectivity index (χ1v) is 12.0. The number of halogens is 1. The van der Waals surface area contributed by atoms with E-state index in [1.807, 2.05) is 43.9 Å². The highest BCUT2D eigenvalue weighted by Crippen LogP contribution is 2.26. The van der Waals surface area contributed by atoms with E-state index in [0.717, 1.165) is 18.4 Å². The van der Waals surface area contributed by atoms with Gasteiger partial charge in [0.15, 0.2) is 11.2 Å². The maximum Gasteiger partial charge on any atom is 0.407 e. The lowest BCUT2D eigenvalue weighted by molar-refractivity contribution is 0.0498. The van der Waals surface area contributed by atoms with Gasteiger partial charge in [-0.05, 0) is 45.2 Å². The number of methoxy groups -OCH3 is 1. The number of amides is 1. The van der Waals surface area contributed by atoms with E-state index in [9.17, 15) is 14.4 Å². The zero-order valence-corrected chi connectivity index (χ0v) is 21.4. The van der Waals surface area contributed by atoms with Crippen LogP contribution in [0, 0.1) is 0 Å². The average molecular weight is 517 g/mol. The molecule has 1 aliphatic heterocycles. The molecule has 1 saturated heterocycles. The summed E-state index contributed by atoms with van der Waals surface area (Å²) in [6.07, 6.45) is 1.07. The summed E-state index contributed by atoms with van der Waals surface area (Å²) in [7, 11) is 1.21. The van der Waals surface area contributed by atoms with Gasteiger partial charge in [-0.15, -0.1) is 0 Å². The summed E-state index contributed by atoms with van der Waals surface area (Å²) in [5, 5.41) is 3.47. The van der Waals surface area contributed by atoms with E-state index in [0.29, 0.717) is 24.1 Å². The molecule has 1 amide bonds. The van der Waals surface area contributed by atoms with E-state index in [1.165, 1.54) is 7.11 Å². The molecule has 11 nitrogen and oxygen atoms in total. The van der Waals surface area contributed by atoms with Gasteiger partial charge in [0.05, 0.1) is 13.7 Å². The molecule has 0 bridgehead atoms. The number of esters is 1. The minimum absolute atomic E-state index is 0.114. The standard InChI is InChI=1S/C24H29ClN6O5/c1-24(2,3)36-23(34)26-15-9-7-11-30(13-15)22-29-18-17(20(32)28-19(27-18)21(33)35-4)31(22)12-14-8-5-6-10-16(14)25/h5-6,8,10,15H,7,9,11-13H2,1-4H3,(H,26,34)(H,27,28,32)/t15-/m1/s1. The number of H-pyrrole nitrogens is 1. The number of anilines is 1. The molecule has 2 N–H and O–H groups in total. The number of ether oxygens (including phenoxy) is 2. The van der Waals surface area contributed by atoms with E-state index in [2.05, 4.69) is 20.3 Å². The van der Waals surface area contributed by atoms with Gasteiger partial charge < -0.3 is 19.7 Å². The van der Waals surface area contributed by atoms with Crippen molar-refractivity contribution in [3.8, 4) is 0 Å². The minimum Gasteiger partial charge on any atom is -0.463 e. The van der Waals surface area contributed by atoms with Gasteiger partial charge in [-0.2, -0.15) is 4.98 Å². The average Bonchev–Trinajstić information content (AvgIpc) is 3.17. The molecule has 0 aliphatic carbocycles. The van der Waals surface area contributed by atoms with Crippen LogP contribution in [0.1, 0.15) is 49.8 Å². The number of carbonyl (C=O) groups is 2. The van der Waals surface area contributed by atoms with Gasteiger partial charge in [0.25, 0.3) is 5.56 Å². The number of carbonyl (C=O) groups excluding carboxylic acids is 2. The molecule has 0 radical (unpaired) electrons. The summed E-state index contributed by atoms with van der Waals surface area (Å²) in [4.78, 5) is 50.8. The van der Waals surface area contributed by atoms with Crippen molar-refractivity contribution >= 4 is 40.8 Å². The van der Waals surface area contributed by atoms with Crippen molar-refractivity contribution in [3.63, 3.8) is 0 Å². The number of nitrogens with one attached hydrogen (secondary N) is 2. The lowest BCUT2D eigenvalue weighted by Gasteiger charge is -2.34. The lowest BCUT2D eigenvalue weighted by Crippen LogP contribution is -2.49. The molecule has 1 aliphatic rings. The number of rotatable bonds is 5. The zero-order valence-electron chi connectivity index (χ0n) is 20.6. The molecule has 0 unspecified atom stereocenters. The van der Waals surface area contributed by atoms with Gasteiger partial charge in [0, 0.05) is 24.2 Å². The van der Waals surface area contributed by atoms with Crippen molar-refractivity contribution in [2.75, 3.05) is 25.1 Å². The third-order valence-corrected chi connectivity index (χ3v) is 6.05. The molecule has 3 aromatic rings. The van der Waals surface area contributed by atoms with Crippen LogP contribution >= 0.6 is 11.6 Å². The monoisotopic (exact) mass is 516 g/mol. The number of aromatic nitrogens is 4. The van der Waals surface area contributed by atoms with Gasteiger partial charge in [0.1, 0.15) is 5.60 Å². The summed E-state index contributed by atoms with van der Waals surface area (Å²) < 4.78 is 11.8. The van der Waals surface area contributed by atoms with Gasteiger partial charge in [-0.1, -0.05) is 29.8 Å². The number of nitrogens with zero attached hydrogens (tertiary/aromatic N) is 4. The van der Waals surface area contributed by atoms with E-state index < -0.39 is 23.2 Å². The molecule has 2 aromatic heterocycles. The Morgan fingerprint density at radius 3 is 2.69 bits per heavy atom. The second-order valence-corrected chi connectivity index (χ2v) is 10.0. The van der Waals surface area contributed by atoms with Crippen LogP contribution in [0.4, 0.5) is 10.7 Å². The van der Waals surface area contributed by atoms with E-state index in [1.54, 1.807) is 10.6 Å². The smallest absolute Gasteiger partial charge is 0.407 e. The number of hydrogen-bond donors (Lipinski definition) is 2. The van der Waals surface area contributed by atoms with Gasteiger partial charge >= 0.3 is 12.1 Å². The topological polar surface area (TPSA) is 131 Å². The summed E-state index contributed by atoms with van der Waals surface area (Å²) in [6.45, 7) is 6.79. The maximum absolute atomic E-state index is 13.1. The Balaban J connectivity index is 1.73. The number of aromatic amines is 1. The molecule has 0 saturated carbocycles. The lowest BCUT2D eigenvalue weighted by atomic mass is 10.1. The summed E-state index contributed by atoms with van der Waals surface area (Å²) >= 11 is 6.42. The van der Waals surface area contributed by atoms with Crippen LogP contribution in [0.15, 0.2) is 29.1 Å². The van der Waals surface area contributed by atoms with Crippen LogP contribution in [0.3, 0.4) is 0 Å². The van der Waals surface area contributed by atoms with E-state index >= 15 is 0 Å². The first-order valence-electron chi connectivity index (χ1n) is 11.6. The Kier molecular flexibility index (Phi) is 7.21. The van der Waals surface area contributed by atoms with Crippen molar-refractivity contribution in [2.45, 2.75) is 51.8 Å². The Hall–Kier alpha value is -3.60. The largest absolute Gasteiger partial charge is 0.463 e. The Morgan fingerprint density at radius 1 is 1.25 bits per heavy atom. The summed E-state index contributed by atoms with van der Waals surface area (Å²) in [6, 6.07) is 7.15. The third-order valence-electron chi connectivity index (χ3n) is 5.68. The fourth-order valence-electron chi connectivity index (χ4n) is 4.16. The summed E-state index contributed by atoms with van der Waals surface area (Å²) in [5.74, 6) is -0.511. The van der Waals surface area contributed by atoms with E-state index in [4.69, 9.17) is 21.1 Å². The molecular formula is C24H29ClN6O5. The molecule has 1 atom stereocenters. The molecule has 12 heteroatoms. The Morgan fingerprint density at radius 2 is 2.00 bits per heavy atom. The van der Waals surface area contributed by atoms with Crippen molar-refractivity contribution < 1.29 is 19.1 Å². The van der Waals surface area contributed by atoms with E-state index in [-0.39, 0.29) is 29.6 Å². The van der Waals surface area contributed by atoms with Gasteiger partial charge in [-0.3, -0.25) is 14.3 Å². The Labute approximate surface area is 212 Å². The first-order chi connectivity index (χ1) is 17.1. The van der Waals surface area contributed by atoms with Crippen LogP contribution in [0.2, 0.25) is 5.02 Å².